The van der Waals surface area contributed by atoms with E-state index < -0.39 is 0 Å². The standard InChI is InChI=1S/C15H21ClN2O.ClH/c1-11-13(16)3-2-4-14(11)18-15(19)6-5-12-7-9-17-10-8-12;/h2-4,12,17H,5-10H2,1H3,(H,18,19);1H. The topological polar surface area (TPSA) is 41.1 Å². The summed E-state index contributed by atoms with van der Waals surface area (Å²) in [5.74, 6) is 0.774. The van der Waals surface area contributed by atoms with Gasteiger partial charge in [-0.25, -0.2) is 0 Å². The molecule has 1 aliphatic rings. The Kier molecular flexibility index (Phi) is 7.35. The molecule has 1 saturated heterocycles. The molecule has 1 aromatic carbocycles. The fourth-order valence-corrected chi connectivity index (χ4v) is 2.64. The first-order chi connectivity index (χ1) is 9.16. The number of carbonyl (C=O) groups excluding carboxylic acids is 1. The number of carbonyl (C=O) groups is 1. The number of piperidine rings is 1. The quantitative estimate of drug-likeness (QED) is 0.887. The van der Waals surface area contributed by atoms with Crippen molar-refractivity contribution >= 4 is 35.6 Å². The Bertz CT molecular complexity index is 445. The van der Waals surface area contributed by atoms with E-state index in [-0.39, 0.29) is 18.3 Å². The summed E-state index contributed by atoms with van der Waals surface area (Å²) in [6.45, 7) is 4.09. The van der Waals surface area contributed by atoms with Gasteiger partial charge in [0.15, 0.2) is 0 Å². The largest absolute Gasteiger partial charge is 0.326 e. The van der Waals surface area contributed by atoms with Gasteiger partial charge in [0.25, 0.3) is 0 Å². The summed E-state index contributed by atoms with van der Waals surface area (Å²) in [6, 6.07) is 5.59. The molecule has 20 heavy (non-hydrogen) atoms. The normalized spacial score (nSPS) is 15.5. The first kappa shape index (κ1) is 17.3. The van der Waals surface area contributed by atoms with Crippen molar-refractivity contribution in [2.75, 3.05) is 18.4 Å². The van der Waals surface area contributed by atoms with Crippen LogP contribution in [0.1, 0.15) is 31.2 Å². The van der Waals surface area contributed by atoms with Crippen LogP contribution in [-0.2, 0) is 4.79 Å². The molecule has 1 amide bonds. The minimum Gasteiger partial charge on any atom is -0.326 e. The Morgan fingerprint density at radius 2 is 2.10 bits per heavy atom. The van der Waals surface area contributed by atoms with Gasteiger partial charge in [-0.05, 0) is 62.9 Å². The Morgan fingerprint density at radius 3 is 2.80 bits per heavy atom. The van der Waals surface area contributed by atoms with Gasteiger partial charge < -0.3 is 10.6 Å². The van der Waals surface area contributed by atoms with E-state index in [1.165, 1.54) is 12.8 Å². The van der Waals surface area contributed by atoms with Crippen molar-refractivity contribution in [2.45, 2.75) is 32.6 Å². The number of hydrogen-bond acceptors (Lipinski definition) is 2. The van der Waals surface area contributed by atoms with Crippen LogP contribution >= 0.6 is 24.0 Å². The second-order valence-electron chi connectivity index (χ2n) is 5.19. The van der Waals surface area contributed by atoms with Crippen molar-refractivity contribution in [1.82, 2.24) is 5.32 Å². The molecule has 0 radical (unpaired) electrons. The monoisotopic (exact) mass is 316 g/mol. The van der Waals surface area contributed by atoms with Crippen LogP contribution in [0.4, 0.5) is 5.69 Å². The minimum atomic E-state index is 0. The zero-order valence-electron chi connectivity index (χ0n) is 11.7. The smallest absolute Gasteiger partial charge is 0.224 e. The van der Waals surface area contributed by atoms with Crippen molar-refractivity contribution in [3.63, 3.8) is 0 Å². The van der Waals surface area contributed by atoms with E-state index in [0.29, 0.717) is 17.4 Å². The third kappa shape index (κ3) is 4.97. The van der Waals surface area contributed by atoms with Crippen LogP contribution < -0.4 is 10.6 Å². The highest BCUT2D eigenvalue weighted by molar-refractivity contribution is 6.31. The van der Waals surface area contributed by atoms with Gasteiger partial charge >= 0.3 is 0 Å². The number of halogens is 2. The number of benzene rings is 1. The molecule has 0 bridgehead atoms. The molecule has 1 heterocycles. The van der Waals surface area contributed by atoms with Crippen LogP contribution in [-0.4, -0.2) is 19.0 Å². The average molecular weight is 317 g/mol. The number of anilines is 1. The van der Waals surface area contributed by atoms with Crippen molar-refractivity contribution in [2.24, 2.45) is 5.92 Å². The molecule has 0 aliphatic carbocycles. The van der Waals surface area contributed by atoms with E-state index in [9.17, 15) is 4.79 Å². The predicted octanol–water partition coefficient (Wildman–Crippen LogP) is 3.79. The molecule has 2 rings (SSSR count). The summed E-state index contributed by atoms with van der Waals surface area (Å²) >= 11 is 6.04. The van der Waals surface area contributed by atoms with Crippen LogP contribution in [0.25, 0.3) is 0 Å². The summed E-state index contributed by atoms with van der Waals surface area (Å²) in [7, 11) is 0. The Labute approximate surface area is 131 Å². The molecule has 0 atom stereocenters. The first-order valence-corrected chi connectivity index (χ1v) is 7.30. The predicted molar refractivity (Wildman–Crippen MR) is 86.9 cm³/mol. The van der Waals surface area contributed by atoms with E-state index in [0.717, 1.165) is 30.8 Å². The lowest BCUT2D eigenvalue weighted by atomic mass is 9.93. The van der Waals surface area contributed by atoms with E-state index in [1.54, 1.807) is 0 Å². The molecule has 1 aliphatic heterocycles. The van der Waals surface area contributed by atoms with Crippen LogP contribution in [0, 0.1) is 12.8 Å². The Balaban J connectivity index is 0.00000200. The molecule has 5 heteroatoms. The fraction of sp³-hybridized carbons (Fsp3) is 0.533. The average Bonchev–Trinajstić information content (AvgIpc) is 2.43. The van der Waals surface area contributed by atoms with E-state index in [4.69, 9.17) is 11.6 Å². The second-order valence-corrected chi connectivity index (χ2v) is 5.60. The summed E-state index contributed by atoms with van der Waals surface area (Å²) in [5.41, 5.74) is 1.75. The van der Waals surface area contributed by atoms with Gasteiger partial charge in [-0.3, -0.25) is 4.79 Å². The second kappa shape index (κ2) is 8.50. The molecule has 1 fully saturated rings. The highest BCUT2D eigenvalue weighted by Crippen LogP contribution is 2.24. The fourth-order valence-electron chi connectivity index (χ4n) is 2.46. The first-order valence-electron chi connectivity index (χ1n) is 6.92. The SMILES string of the molecule is Cc1c(Cl)cccc1NC(=O)CCC1CCNCC1.Cl. The molecule has 2 N–H and O–H groups in total. The van der Waals surface area contributed by atoms with Crippen LogP contribution in [0.3, 0.4) is 0 Å². The van der Waals surface area contributed by atoms with E-state index in [1.807, 2.05) is 25.1 Å². The summed E-state index contributed by atoms with van der Waals surface area (Å²) in [4.78, 5) is 11.9. The molecule has 0 spiro atoms. The third-order valence-corrected chi connectivity index (χ3v) is 4.19. The summed E-state index contributed by atoms with van der Waals surface area (Å²) in [6.07, 6.45) is 3.94. The van der Waals surface area contributed by atoms with E-state index in [2.05, 4.69) is 10.6 Å². The molecular weight excluding hydrogens is 295 g/mol. The van der Waals surface area contributed by atoms with Crippen LogP contribution in [0.15, 0.2) is 18.2 Å². The number of nitrogens with one attached hydrogen (secondary N) is 2. The zero-order valence-corrected chi connectivity index (χ0v) is 13.3. The van der Waals surface area contributed by atoms with Gasteiger partial charge in [0.2, 0.25) is 5.91 Å². The Morgan fingerprint density at radius 1 is 1.40 bits per heavy atom. The molecule has 112 valence electrons. The summed E-state index contributed by atoms with van der Waals surface area (Å²) < 4.78 is 0. The maximum atomic E-state index is 11.9. The van der Waals surface area contributed by atoms with Crippen molar-refractivity contribution in [3.8, 4) is 0 Å². The molecule has 3 nitrogen and oxygen atoms in total. The lowest BCUT2D eigenvalue weighted by Crippen LogP contribution is -2.28. The number of hydrogen-bond donors (Lipinski definition) is 2. The molecular formula is C15H22Cl2N2O. The van der Waals surface area contributed by atoms with Gasteiger partial charge in [-0.1, -0.05) is 17.7 Å². The highest BCUT2D eigenvalue weighted by Gasteiger charge is 2.15. The number of amides is 1. The molecule has 0 unspecified atom stereocenters. The van der Waals surface area contributed by atoms with Gasteiger partial charge in [-0.2, -0.15) is 0 Å². The van der Waals surface area contributed by atoms with Gasteiger partial charge in [0, 0.05) is 17.1 Å². The lowest BCUT2D eigenvalue weighted by Gasteiger charge is -2.22. The maximum Gasteiger partial charge on any atom is 0.224 e. The highest BCUT2D eigenvalue weighted by atomic mass is 35.5. The molecule has 0 aromatic heterocycles. The van der Waals surface area contributed by atoms with Gasteiger partial charge in [0.05, 0.1) is 0 Å². The summed E-state index contributed by atoms with van der Waals surface area (Å²) in [5, 5.41) is 6.98. The van der Waals surface area contributed by atoms with Gasteiger partial charge in [-0.15, -0.1) is 12.4 Å². The third-order valence-electron chi connectivity index (χ3n) is 3.78. The lowest BCUT2D eigenvalue weighted by molar-refractivity contribution is -0.116. The van der Waals surface area contributed by atoms with Crippen molar-refractivity contribution < 1.29 is 4.79 Å². The van der Waals surface area contributed by atoms with Crippen molar-refractivity contribution in [3.05, 3.63) is 28.8 Å². The van der Waals surface area contributed by atoms with Crippen LogP contribution in [0.2, 0.25) is 5.02 Å². The minimum absolute atomic E-state index is 0. The van der Waals surface area contributed by atoms with Gasteiger partial charge in [0.1, 0.15) is 0 Å². The van der Waals surface area contributed by atoms with Crippen molar-refractivity contribution in [1.29, 1.82) is 0 Å². The maximum absolute atomic E-state index is 11.9. The Hall–Kier alpha value is -0.770. The zero-order chi connectivity index (χ0) is 13.7. The van der Waals surface area contributed by atoms with Crippen LogP contribution in [0.5, 0.6) is 0 Å². The molecule has 0 saturated carbocycles. The number of rotatable bonds is 4. The van der Waals surface area contributed by atoms with E-state index >= 15 is 0 Å². The molecule has 1 aromatic rings.